The molecule has 1 saturated heterocycles. The van der Waals surface area contributed by atoms with Crippen LogP contribution in [0.5, 0.6) is 0 Å². The minimum atomic E-state index is 0.359. The number of nitrogens with one attached hydrogen (secondary N) is 1. The Hall–Kier alpha value is -1.33. The van der Waals surface area contributed by atoms with Gasteiger partial charge in [-0.3, -0.25) is 0 Å². The van der Waals surface area contributed by atoms with Crippen molar-refractivity contribution in [2.75, 3.05) is 24.7 Å². The molecule has 4 nitrogen and oxygen atoms in total. The lowest BCUT2D eigenvalue weighted by Crippen LogP contribution is -2.08. The Balaban J connectivity index is 1.82. The van der Waals surface area contributed by atoms with Gasteiger partial charge in [-0.25, -0.2) is 9.97 Å². The predicted octanol–water partition coefficient (Wildman–Crippen LogP) is 2.94. The molecule has 3 rings (SSSR count). The second kappa shape index (κ2) is 5.75. The lowest BCUT2D eigenvalue weighted by atomic mass is 10.2. The van der Waals surface area contributed by atoms with Gasteiger partial charge in [0.2, 0.25) is 0 Å². The van der Waals surface area contributed by atoms with Crippen LogP contribution in [0.2, 0.25) is 0 Å². The lowest BCUT2D eigenvalue weighted by molar-refractivity contribution is 0.129. The van der Waals surface area contributed by atoms with E-state index >= 15 is 0 Å². The Morgan fingerprint density at radius 1 is 1.37 bits per heavy atom. The van der Waals surface area contributed by atoms with Gasteiger partial charge >= 0.3 is 0 Å². The second-order valence-corrected chi connectivity index (χ2v) is 5.56. The molecule has 1 fully saturated rings. The van der Waals surface area contributed by atoms with Crippen molar-refractivity contribution in [3.63, 3.8) is 0 Å². The summed E-state index contributed by atoms with van der Waals surface area (Å²) in [4.78, 5) is 9.17. The highest BCUT2D eigenvalue weighted by molar-refractivity contribution is 7.99. The van der Waals surface area contributed by atoms with Crippen molar-refractivity contribution in [2.45, 2.75) is 24.1 Å². The molecule has 1 aromatic heterocycles. The first kappa shape index (κ1) is 12.7. The zero-order valence-corrected chi connectivity index (χ0v) is 11.7. The second-order valence-electron chi connectivity index (χ2n) is 4.57. The average Bonchev–Trinajstić information content (AvgIpc) is 2.97. The van der Waals surface area contributed by atoms with E-state index in [1.165, 1.54) is 6.42 Å². The number of benzene rings is 1. The van der Waals surface area contributed by atoms with Crippen molar-refractivity contribution >= 4 is 28.5 Å². The first-order valence-corrected chi connectivity index (χ1v) is 7.54. The highest BCUT2D eigenvalue weighted by atomic mass is 32.2. The van der Waals surface area contributed by atoms with Crippen LogP contribution in [-0.4, -0.2) is 35.5 Å². The van der Waals surface area contributed by atoms with E-state index in [-0.39, 0.29) is 0 Å². The molecule has 1 N–H and O–H groups in total. The number of hydrogen-bond acceptors (Lipinski definition) is 5. The van der Waals surface area contributed by atoms with E-state index in [1.54, 1.807) is 11.8 Å². The molecule has 1 aromatic carbocycles. The average molecular weight is 275 g/mol. The summed E-state index contributed by atoms with van der Waals surface area (Å²) in [6.07, 6.45) is 2.68. The van der Waals surface area contributed by atoms with Gasteiger partial charge in [-0.15, -0.1) is 0 Å². The van der Waals surface area contributed by atoms with Crippen LogP contribution in [0.25, 0.3) is 10.9 Å². The summed E-state index contributed by atoms with van der Waals surface area (Å²) in [6, 6.07) is 8.07. The zero-order valence-electron chi connectivity index (χ0n) is 10.9. The van der Waals surface area contributed by atoms with E-state index in [0.717, 1.165) is 40.7 Å². The first-order valence-electron chi connectivity index (χ1n) is 6.56. The SMILES string of the molecule is CNc1nc(SC[C@H]2CCCO2)nc2ccccc12. The van der Waals surface area contributed by atoms with Crippen molar-refractivity contribution in [3.05, 3.63) is 24.3 Å². The number of thioether (sulfide) groups is 1. The number of fused-ring (bicyclic) bond motifs is 1. The molecule has 1 aliphatic heterocycles. The van der Waals surface area contributed by atoms with Crippen molar-refractivity contribution < 1.29 is 4.74 Å². The van der Waals surface area contributed by atoms with Crippen LogP contribution in [0.3, 0.4) is 0 Å². The van der Waals surface area contributed by atoms with Crippen LogP contribution in [0.1, 0.15) is 12.8 Å². The van der Waals surface area contributed by atoms with Crippen molar-refractivity contribution in [1.82, 2.24) is 9.97 Å². The van der Waals surface area contributed by atoms with Gasteiger partial charge in [0.05, 0.1) is 11.6 Å². The molecule has 0 spiro atoms. The topological polar surface area (TPSA) is 47.0 Å². The van der Waals surface area contributed by atoms with E-state index in [2.05, 4.69) is 15.3 Å². The van der Waals surface area contributed by atoms with Crippen molar-refractivity contribution in [3.8, 4) is 0 Å². The Kier molecular flexibility index (Phi) is 3.84. The summed E-state index contributed by atoms with van der Waals surface area (Å²) in [5.74, 6) is 1.82. The van der Waals surface area contributed by atoms with Crippen LogP contribution in [0, 0.1) is 0 Å². The molecule has 1 aliphatic rings. The molecular weight excluding hydrogens is 258 g/mol. The van der Waals surface area contributed by atoms with Gasteiger partial charge < -0.3 is 10.1 Å². The highest BCUT2D eigenvalue weighted by Crippen LogP contribution is 2.26. The normalized spacial score (nSPS) is 18.9. The van der Waals surface area contributed by atoms with Crippen molar-refractivity contribution in [1.29, 1.82) is 0 Å². The Labute approximate surface area is 117 Å². The van der Waals surface area contributed by atoms with E-state index in [1.807, 2.05) is 31.3 Å². The van der Waals surface area contributed by atoms with Gasteiger partial charge in [-0.1, -0.05) is 23.9 Å². The number of rotatable bonds is 4. The fraction of sp³-hybridized carbons (Fsp3) is 0.429. The minimum Gasteiger partial charge on any atom is -0.377 e. The molecule has 5 heteroatoms. The highest BCUT2D eigenvalue weighted by Gasteiger charge is 2.16. The summed E-state index contributed by atoms with van der Waals surface area (Å²) < 4.78 is 5.63. The summed E-state index contributed by atoms with van der Waals surface area (Å²) in [5, 5.41) is 5.02. The summed E-state index contributed by atoms with van der Waals surface area (Å²) >= 11 is 1.67. The fourth-order valence-electron chi connectivity index (χ4n) is 2.25. The van der Waals surface area contributed by atoms with Gasteiger partial charge in [-0.2, -0.15) is 0 Å². The minimum absolute atomic E-state index is 0.359. The summed E-state index contributed by atoms with van der Waals surface area (Å²) in [7, 11) is 1.89. The predicted molar refractivity (Wildman–Crippen MR) is 78.8 cm³/mol. The van der Waals surface area contributed by atoms with Gasteiger partial charge in [0.15, 0.2) is 5.16 Å². The van der Waals surface area contributed by atoms with E-state index in [9.17, 15) is 0 Å². The lowest BCUT2D eigenvalue weighted by Gasteiger charge is -2.10. The third-order valence-corrected chi connectivity index (χ3v) is 4.22. The van der Waals surface area contributed by atoms with Gasteiger partial charge in [0.1, 0.15) is 5.82 Å². The Bertz CT molecular complexity index is 570. The number of hydrogen-bond donors (Lipinski definition) is 1. The van der Waals surface area contributed by atoms with Gasteiger partial charge in [0, 0.05) is 24.8 Å². The molecule has 0 saturated carbocycles. The molecule has 100 valence electrons. The number of nitrogens with zero attached hydrogens (tertiary/aromatic N) is 2. The Morgan fingerprint density at radius 2 is 2.26 bits per heavy atom. The maximum atomic E-state index is 5.63. The van der Waals surface area contributed by atoms with Crippen LogP contribution >= 0.6 is 11.8 Å². The molecule has 0 bridgehead atoms. The van der Waals surface area contributed by atoms with Gasteiger partial charge in [0.25, 0.3) is 0 Å². The molecule has 2 aromatic rings. The van der Waals surface area contributed by atoms with Crippen LogP contribution < -0.4 is 5.32 Å². The standard InChI is InChI=1S/C14H17N3OS/c1-15-13-11-6-2-3-7-12(11)16-14(17-13)19-9-10-5-4-8-18-10/h2-3,6-7,10H,4-5,8-9H2,1H3,(H,15,16,17)/t10-/m1/s1. The first-order chi connectivity index (χ1) is 9.36. The van der Waals surface area contributed by atoms with Crippen molar-refractivity contribution in [2.24, 2.45) is 0 Å². The molecule has 0 aliphatic carbocycles. The Morgan fingerprint density at radius 3 is 3.05 bits per heavy atom. The zero-order chi connectivity index (χ0) is 13.1. The summed E-state index contributed by atoms with van der Waals surface area (Å²) in [6.45, 7) is 0.894. The van der Waals surface area contributed by atoms with Crippen LogP contribution in [-0.2, 0) is 4.74 Å². The fourth-order valence-corrected chi connectivity index (χ4v) is 3.17. The third-order valence-electron chi connectivity index (χ3n) is 3.24. The maximum absolute atomic E-state index is 5.63. The molecule has 19 heavy (non-hydrogen) atoms. The van der Waals surface area contributed by atoms with Gasteiger partial charge in [-0.05, 0) is 25.0 Å². The molecule has 1 atom stereocenters. The molecule has 0 unspecified atom stereocenters. The monoisotopic (exact) mass is 275 g/mol. The smallest absolute Gasteiger partial charge is 0.190 e. The number of anilines is 1. The number of para-hydroxylation sites is 1. The summed E-state index contributed by atoms with van der Waals surface area (Å²) in [5.41, 5.74) is 0.983. The van der Waals surface area contributed by atoms with E-state index in [4.69, 9.17) is 4.74 Å². The largest absolute Gasteiger partial charge is 0.377 e. The third kappa shape index (κ3) is 2.82. The van der Waals surface area contributed by atoms with E-state index < -0.39 is 0 Å². The molecule has 0 amide bonds. The maximum Gasteiger partial charge on any atom is 0.190 e. The quantitative estimate of drug-likeness (QED) is 0.686. The van der Waals surface area contributed by atoms with Crippen LogP contribution in [0.4, 0.5) is 5.82 Å². The molecule has 0 radical (unpaired) electrons. The molecule has 2 heterocycles. The number of aromatic nitrogens is 2. The molecular formula is C14H17N3OS. The number of ether oxygens (including phenoxy) is 1. The van der Waals surface area contributed by atoms with E-state index in [0.29, 0.717) is 6.10 Å². The van der Waals surface area contributed by atoms with Crippen LogP contribution in [0.15, 0.2) is 29.4 Å².